The predicted octanol–water partition coefficient (Wildman–Crippen LogP) is 2.93. The molecule has 3 rings (SSSR count). The average molecular weight is 239 g/mol. The SMILES string of the molecule is COc1ccc([C@@H]2CNCc3ccccc32)cc1. The zero-order chi connectivity index (χ0) is 12.4. The predicted molar refractivity (Wildman–Crippen MR) is 73.0 cm³/mol. The van der Waals surface area contributed by atoms with Crippen LogP contribution in [0.5, 0.6) is 5.75 Å². The number of hydrogen-bond donors (Lipinski definition) is 1. The molecule has 0 bridgehead atoms. The van der Waals surface area contributed by atoms with Gasteiger partial charge in [-0.25, -0.2) is 0 Å². The third-order valence-electron chi connectivity index (χ3n) is 3.61. The molecule has 2 aromatic carbocycles. The first kappa shape index (κ1) is 11.3. The van der Waals surface area contributed by atoms with Crippen LogP contribution in [0.4, 0.5) is 0 Å². The van der Waals surface area contributed by atoms with Crippen LogP contribution in [0.25, 0.3) is 0 Å². The number of rotatable bonds is 2. The van der Waals surface area contributed by atoms with Crippen LogP contribution in [0.2, 0.25) is 0 Å². The van der Waals surface area contributed by atoms with E-state index in [1.54, 1.807) is 7.11 Å². The molecule has 1 aliphatic rings. The normalized spacial score (nSPS) is 18.2. The Hall–Kier alpha value is -1.80. The summed E-state index contributed by atoms with van der Waals surface area (Å²) in [4.78, 5) is 0. The summed E-state index contributed by atoms with van der Waals surface area (Å²) in [6.45, 7) is 1.98. The number of benzene rings is 2. The molecule has 2 aromatic rings. The van der Waals surface area contributed by atoms with Gasteiger partial charge >= 0.3 is 0 Å². The summed E-state index contributed by atoms with van der Waals surface area (Å²) in [5, 5.41) is 3.49. The molecule has 1 N–H and O–H groups in total. The van der Waals surface area contributed by atoms with Crippen LogP contribution >= 0.6 is 0 Å². The van der Waals surface area contributed by atoms with Gasteiger partial charge < -0.3 is 10.1 Å². The van der Waals surface area contributed by atoms with Crippen LogP contribution in [0.15, 0.2) is 48.5 Å². The Morgan fingerprint density at radius 3 is 2.61 bits per heavy atom. The maximum absolute atomic E-state index is 5.21. The summed E-state index contributed by atoms with van der Waals surface area (Å²) in [5.41, 5.74) is 4.20. The van der Waals surface area contributed by atoms with Crippen molar-refractivity contribution >= 4 is 0 Å². The van der Waals surface area contributed by atoms with Crippen LogP contribution in [-0.2, 0) is 6.54 Å². The summed E-state index contributed by atoms with van der Waals surface area (Å²) >= 11 is 0. The number of fused-ring (bicyclic) bond motifs is 1. The quantitative estimate of drug-likeness (QED) is 0.870. The number of hydrogen-bond acceptors (Lipinski definition) is 2. The highest BCUT2D eigenvalue weighted by atomic mass is 16.5. The third-order valence-corrected chi connectivity index (χ3v) is 3.61. The molecular formula is C16H17NO. The van der Waals surface area contributed by atoms with Gasteiger partial charge in [-0.15, -0.1) is 0 Å². The molecule has 0 radical (unpaired) electrons. The van der Waals surface area contributed by atoms with Gasteiger partial charge in [0.2, 0.25) is 0 Å². The molecular weight excluding hydrogens is 222 g/mol. The Morgan fingerprint density at radius 1 is 1.06 bits per heavy atom. The van der Waals surface area contributed by atoms with E-state index >= 15 is 0 Å². The smallest absolute Gasteiger partial charge is 0.118 e. The second-order valence-electron chi connectivity index (χ2n) is 4.66. The molecule has 0 fully saturated rings. The molecule has 2 nitrogen and oxygen atoms in total. The van der Waals surface area contributed by atoms with E-state index in [4.69, 9.17) is 4.74 Å². The van der Waals surface area contributed by atoms with E-state index in [0.717, 1.165) is 18.8 Å². The fourth-order valence-electron chi connectivity index (χ4n) is 2.63. The van der Waals surface area contributed by atoms with Crippen LogP contribution < -0.4 is 10.1 Å². The van der Waals surface area contributed by atoms with E-state index in [1.807, 2.05) is 12.1 Å². The van der Waals surface area contributed by atoms with Crippen molar-refractivity contribution in [2.75, 3.05) is 13.7 Å². The van der Waals surface area contributed by atoms with E-state index < -0.39 is 0 Å². The van der Waals surface area contributed by atoms with Crippen LogP contribution in [0, 0.1) is 0 Å². The van der Waals surface area contributed by atoms with Crippen molar-refractivity contribution in [3.63, 3.8) is 0 Å². The Kier molecular flexibility index (Phi) is 3.03. The molecule has 1 aliphatic heterocycles. The highest BCUT2D eigenvalue weighted by Gasteiger charge is 2.20. The zero-order valence-electron chi connectivity index (χ0n) is 10.5. The largest absolute Gasteiger partial charge is 0.497 e. The van der Waals surface area contributed by atoms with Crippen molar-refractivity contribution in [1.82, 2.24) is 5.32 Å². The molecule has 0 aliphatic carbocycles. The maximum atomic E-state index is 5.21. The van der Waals surface area contributed by atoms with Crippen molar-refractivity contribution in [2.24, 2.45) is 0 Å². The van der Waals surface area contributed by atoms with Gasteiger partial charge in [-0.2, -0.15) is 0 Å². The van der Waals surface area contributed by atoms with Crippen molar-refractivity contribution in [3.05, 3.63) is 65.2 Å². The summed E-state index contributed by atoms with van der Waals surface area (Å²) in [5.74, 6) is 1.36. The summed E-state index contributed by atoms with van der Waals surface area (Å²) in [6.07, 6.45) is 0. The van der Waals surface area contributed by atoms with E-state index in [0.29, 0.717) is 5.92 Å². The highest BCUT2D eigenvalue weighted by molar-refractivity contribution is 5.41. The standard InChI is InChI=1S/C16H17NO/c1-18-14-8-6-12(7-9-14)16-11-17-10-13-4-2-3-5-15(13)16/h2-9,16-17H,10-11H2,1H3/t16-/m0/s1. The van der Waals surface area contributed by atoms with Gasteiger partial charge in [-0.05, 0) is 28.8 Å². The lowest BCUT2D eigenvalue weighted by Gasteiger charge is -2.26. The Labute approximate surface area is 108 Å². The van der Waals surface area contributed by atoms with Crippen molar-refractivity contribution in [1.29, 1.82) is 0 Å². The topological polar surface area (TPSA) is 21.3 Å². The lowest BCUT2D eigenvalue weighted by atomic mass is 9.85. The van der Waals surface area contributed by atoms with E-state index in [9.17, 15) is 0 Å². The first-order valence-electron chi connectivity index (χ1n) is 6.31. The fraction of sp³-hybridized carbons (Fsp3) is 0.250. The van der Waals surface area contributed by atoms with Crippen LogP contribution in [0.1, 0.15) is 22.6 Å². The van der Waals surface area contributed by atoms with Gasteiger partial charge in [0.1, 0.15) is 5.75 Å². The summed E-state index contributed by atoms with van der Waals surface area (Å²) in [6, 6.07) is 17.1. The van der Waals surface area contributed by atoms with Crippen LogP contribution in [0.3, 0.4) is 0 Å². The monoisotopic (exact) mass is 239 g/mol. The minimum absolute atomic E-state index is 0.445. The highest BCUT2D eigenvalue weighted by Crippen LogP contribution is 2.30. The number of nitrogens with one attached hydrogen (secondary N) is 1. The second kappa shape index (κ2) is 4.83. The number of ether oxygens (including phenoxy) is 1. The molecule has 1 heterocycles. The lowest BCUT2D eigenvalue weighted by molar-refractivity contribution is 0.414. The second-order valence-corrected chi connectivity index (χ2v) is 4.66. The van der Waals surface area contributed by atoms with Crippen molar-refractivity contribution < 1.29 is 4.74 Å². The van der Waals surface area contributed by atoms with E-state index in [2.05, 4.69) is 41.7 Å². The minimum Gasteiger partial charge on any atom is -0.497 e. The molecule has 0 saturated carbocycles. The van der Waals surface area contributed by atoms with Gasteiger partial charge in [-0.3, -0.25) is 0 Å². The molecule has 92 valence electrons. The first-order valence-corrected chi connectivity index (χ1v) is 6.31. The zero-order valence-corrected chi connectivity index (χ0v) is 10.5. The molecule has 1 atom stereocenters. The van der Waals surface area contributed by atoms with Gasteiger partial charge in [0.15, 0.2) is 0 Å². The molecule has 0 unspecified atom stereocenters. The Balaban J connectivity index is 1.97. The maximum Gasteiger partial charge on any atom is 0.118 e. The van der Waals surface area contributed by atoms with Crippen molar-refractivity contribution in [2.45, 2.75) is 12.5 Å². The van der Waals surface area contributed by atoms with Crippen molar-refractivity contribution in [3.8, 4) is 5.75 Å². The molecule has 2 heteroatoms. The number of methoxy groups -OCH3 is 1. The van der Waals surface area contributed by atoms with Gasteiger partial charge in [0.25, 0.3) is 0 Å². The fourth-order valence-corrected chi connectivity index (χ4v) is 2.63. The molecule has 18 heavy (non-hydrogen) atoms. The van der Waals surface area contributed by atoms with Gasteiger partial charge in [0, 0.05) is 19.0 Å². The Bertz CT molecular complexity index is 533. The van der Waals surface area contributed by atoms with Crippen LogP contribution in [-0.4, -0.2) is 13.7 Å². The molecule has 0 amide bonds. The third kappa shape index (κ3) is 2.00. The van der Waals surface area contributed by atoms with Gasteiger partial charge in [-0.1, -0.05) is 36.4 Å². The summed E-state index contributed by atoms with van der Waals surface area (Å²) < 4.78 is 5.21. The van der Waals surface area contributed by atoms with Gasteiger partial charge in [0.05, 0.1) is 7.11 Å². The first-order chi connectivity index (χ1) is 8.88. The minimum atomic E-state index is 0.445. The lowest BCUT2D eigenvalue weighted by Crippen LogP contribution is -2.28. The molecule has 0 spiro atoms. The van der Waals surface area contributed by atoms with E-state index in [-0.39, 0.29) is 0 Å². The Morgan fingerprint density at radius 2 is 1.83 bits per heavy atom. The molecule has 0 aromatic heterocycles. The van der Waals surface area contributed by atoms with E-state index in [1.165, 1.54) is 16.7 Å². The average Bonchev–Trinajstić information content (AvgIpc) is 2.47. The molecule has 0 saturated heterocycles. The summed E-state index contributed by atoms with van der Waals surface area (Å²) in [7, 11) is 1.70.